The minimum Gasteiger partial charge on any atom is -0.459 e. The van der Waals surface area contributed by atoms with Crippen LogP contribution in [0.5, 0.6) is 0 Å². The lowest BCUT2D eigenvalue weighted by Gasteiger charge is -2.41. The van der Waals surface area contributed by atoms with Crippen LogP contribution < -0.4 is 11.1 Å². The highest BCUT2D eigenvalue weighted by molar-refractivity contribution is 5.94. The van der Waals surface area contributed by atoms with Crippen LogP contribution in [-0.2, 0) is 52.4 Å². The number of guanidine groups is 2. The Hall–Kier alpha value is -4.71. The first-order chi connectivity index (χ1) is 30.7. The number of aliphatic hydroxyl groups excluding tert-OH is 4. The number of rotatable bonds is 14. The SMILES string of the molecule is C/C=C(/C)C(=O)O[C@H]1C(C)=C2[C@H]([C@@H]1OC(=O)CCCCCCC)[C@@](C)(OC(C)=O)C[C@H](OC(=O)CCC)[C@@]1(O)[C@H]2OC(=O)[C@@]1(C)O.CN(C)C(=N)NC(=N)N.OC[C@H]1OC(O)C[C@@H](O)[C@@H]1O. The molecular formula is C44H73N5O17. The van der Waals surface area contributed by atoms with E-state index in [1.165, 1.54) is 18.7 Å². The third kappa shape index (κ3) is 13.9. The summed E-state index contributed by atoms with van der Waals surface area (Å²) in [4.78, 5) is 66.6. The monoisotopic (exact) mass is 944 g/mol. The normalized spacial score (nSPS) is 32.3. The largest absolute Gasteiger partial charge is 0.459 e. The van der Waals surface area contributed by atoms with Crippen molar-refractivity contribution in [3.63, 3.8) is 0 Å². The summed E-state index contributed by atoms with van der Waals surface area (Å²) in [5.41, 5.74) is -1.18. The summed E-state index contributed by atoms with van der Waals surface area (Å²) in [5, 5.41) is 75.6. The molecule has 2 heterocycles. The number of hydrogen-bond acceptors (Lipinski definition) is 19. The van der Waals surface area contributed by atoms with Gasteiger partial charge in [0.05, 0.1) is 18.6 Å². The molecule has 4 rings (SSSR count). The smallest absolute Gasteiger partial charge is 0.341 e. The Morgan fingerprint density at radius 1 is 0.955 bits per heavy atom. The number of unbranched alkanes of at least 4 members (excludes halogenated alkanes) is 4. The second kappa shape index (κ2) is 24.9. The Bertz CT molecular complexity index is 1800. The highest BCUT2D eigenvalue weighted by Gasteiger charge is 2.76. The van der Waals surface area contributed by atoms with Crippen molar-refractivity contribution in [2.45, 2.75) is 185 Å². The molecule has 22 heteroatoms. The minimum atomic E-state index is -2.57. The molecule has 66 heavy (non-hydrogen) atoms. The number of nitrogens with one attached hydrogen (secondary N) is 3. The van der Waals surface area contributed by atoms with E-state index in [1.807, 2.05) is 0 Å². The average Bonchev–Trinajstić information content (AvgIpc) is 3.56. The Morgan fingerprint density at radius 3 is 2.08 bits per heavy atom. The van der Waals surface area contributed by atoms with Crippen LogP contribution in [0.3, 0.4) is 0 Å². The summed E-state index contributed by atoms with van der Waals surface area (Å²) >= 11 is 0. The summed E-state index contributed by atoms with van der Waals surface area (Å²) in [6, 6.07) is 0. The van der Waals surface area contributed by atoms with Crippen LogP contribution in [0.4, 0.5) is 0 Å². The van der Waals surface area contributed by atoms with Crippen LogP contribution in [0, 0.1) is 16.7 Å². The minimum absolute atomic E-state index is 0.0162. The van der Waals surface area contributed by atoms with Gasteiger partial charge in [-0.15, -0.1) is 0 Å². The third-order valence-corrected chi connectivity index (χ3v) is 11.9. The summed E-state index contributed by atoms with van der Waals surface area (Å²) in [5.74, 6) is -5.13. The molecule has 2 saturated heterocycles. The molecule has 0 aromatic heterocycles. The number of carbonyl (C=O) groups excluding carboxylic acids is 5. The molecule has 0 aromatic rings. The van der Waals surface area contributed by atoms with E-state index in [9.17, 15) is 34.2 Å². The van der Waals surface area contributed by atoms with E-state index >= 15 is 0 Å². The van der Waals surface area contributed by atoms with Crippen molar-refractivity contribution in [1.82, 2.24) is 10.2 Å². The molecule has 0 bridgehead atoms. The first-order valence-corrected chi connectivity index (χ1v) is 22.1. The first-order valence-electron chi connectivity index (χ1n) is 22.1. The summed E-state index contributed by atoms with van der Waals surface area (Å²) in [6.45, 7) is 12.0. The van der Waals surface area contributed by atoms with Gasteiger partial charge in [-0.25, -0.2) is 9.59 Å². The third-order valence-electron chi connectivity index (χ3n) is 11.9. The molecule has 0 amide bonds. The number of aliphatic hydroxyl groups is 6. The Labute approximate surface area is 385 Å². The van der Waals surface area contributed by atoms with Gasteiger partial charge in [-0.2, -0.15) is 0 Å². The lowest BCUT2D eigenvalue weighted by atomic mass is 9.75. The number of fused-ring (bicyclic) bond motifs is 3. The zero-order valence-electron chi connectivity index (χ0n) is 39.8. The van der Waals surface area contributed by atoms with Crippen molar-refractivity contribution in [3.8, 4) is 0 Å². The maximum absolute atomic E-state index is 13.3. The molecule has 12 atom stereocenters. The number of esters is 5. The van der Waals surface area contributed by atoms with Gasteiger partial charge in [0.2, 0.25) is 0 Å². The second-order valence-corrected chi connectivity index (χ2v) is 17.4. The molecule has 3 fully saturated rings. The highest BCUT2D eigenvalue weighted by atomic mass is 16.6. The molecule has 376 valence electrons. The van der Waals surface area contributed by atoms with Crippen LogP contribution in [0.25, 0.3) is 0 Å². The summed E-state index contributed by atoms with van der Waals surface area (Å²) in [6.07, 6.45) is -3.84. The zero-order chi connectivity index (χ0) is 50.5. The standard InChI is InChI=1S/C34H50O12.C6H12O5.C4H11N5/c1-9-12-13-14-15-17-24(37)43-28-26-25(20(5)27(28)44-30(38)19(4)11-3)29-34(41,33(8,40)31(39)45-29)22(42-23(36)16-10-2)18-32(26,7)46-21(6)35;7-2-4-6(10)3(8)1-5(9)11-4;1-9(2)4(7)8-3(5)6/h11,22,26-29,40-41H,9-10,12-18H2,1-8H3;3-10H,1-2H2;1-2H3,(H5,5,6,7,8)/b19-11-;;/t22-,26+,27-,28-,29-,32-,33+,34+;3-,4-,5?,6+;/m01./s1. The van der Waals surface area contributed by atoms with Crippen molar-refractivity contribution in [3.05, 3.63) is 22.8 Å². The predicted molar refractivity (Wildman–Crippen MR) is 235 cm³/mol. The van der Waals surface area contributed by atoms with Gasteiger partial charge in [0.1, 0.15) is 23.9 Å². The first kappa shape index (κ1) is 57.4. The Kier molecular flexibility index (Phi) is 21.6. The molecule has 11 N–H and O–H groups in total. The maximum Gasteiger partial charge on any atom is 0.341 e. The van der Waals surface area contributed by atoms with Gasteiger partial charge < -0.3 is 69.7 Å². The fourth-order valence-corrected chi connectivity index (χ4v) is 8.22. The zero-order valence-corrected chi connectivity index (χ0v) is 39.8. The molecule has 0 radical (unpaired) electrons. The van der Waals surface area contributed by atoms with Crippen molar-refractivity contribution >= 4 is 41.8 Å². The van der Waals surface area contributed by atoms with Crippen LogP contribution in [0.2, 0.25) is 0 Å². The van der Waals surface area contributed by atoms with Crippen molar-refractivity contribution in [1.29, 1.82) is 10.8 Å². The molecule has 0 aromatic carbocycles. The Balaban J connectivity index is 0.000000612. The predicted octanol–water partition coefficient (Wildman–Crippen LogP) is 0.702. The molecule has 1 unspecified atom stereocenters. The fourth-order valence-electron chi connectivity index (χ4n) is 8.22. The second-order valence-electron chi connectivity index (χ2n) is 17.4. The topological polar surface area (TPSA) is 351 Å². The van der Waals surface area contributed by atoms with Gasteiger partial charge in [-0.3, -0.25) is 30.5 Å². The number of carbonyl (C=O) groups is 5. The van der Waals surface area contributed by atoms with Crippen LogP contribution in [0.1, 0.15) is 120 Å². The molecular weight excluding hydrogens is 871 g/mol. The van der Waals surface area contributed by atoms with E-state index in [0.717, 1.165) is 32.6 Å². The fraction of sp³-hybridized carbons (Fsp3) is 0.750. The number of ether oxygens (including phenoxy) is 6. The van der Waals surface area contributed by atoms with E-state index in [0.29, 0.717) is 12.8 Å². The molecule has 2 aliphatic heterocycles. The quantitative estimate of drug-likeness (QED) is 0.0218. The highest BCUT2D eigenvalue weighted by Crippen LogP contribution is 2.57. The molecule has 0 spiro atoms. The number of nitrogens with two attached hydrogens (primary N) is 1. The van der Waals surface area contributed by atoms with Gasteiger partial charge in [-0.1, -0.05) is 45.6 Å². The number of nitrogens with zero attached hydrogens (tertiary/aromatic N) is 1. The summed E-state index contributed by atoms with van der Waals surface area (Å²) < 4.78 is 34.0. The molecule has 4 aliphatic rings. The van der Waals surface area contributed by atoms with E-state index in [1.54, 1.807) is 47.9 Å². The van der Waals surface area contributed by atoms with Crippen molar-refractivity contribution in [2.75, 3.05) is 20.7 Å². The average molecular weight is 944 g/mol. The van der Waals surface area contributed by atoms with Crippen LogP contribution >= 0.6 is 0 Å². The summed E-state index contributed by atoms with van der Waals surface area (Å²) in [7, 11) is 3.39. The lowest BCUT2D eigenvalue weighted by Crippen LogP contribution is -2.64. The van der Waals surface area contributed by atoms with Gasteiger partial charge >= 0.3 is 29.8 Å². The van der Waals surface area contributed by atoms with Gasteiger partial charge in [0.15, 0.2) is 47.7 Å². The number of hydrogen-bond donors (Lipinski definition) is 10. The molecule has 1 saturated carbocycles. The van der Waals surface area contributed by atoms with Crippen LogP contribution in [-0.4, -0.2) is 164 Å². The van der Waals surface area contributed by atoms with E-state index < -0.39 is 115 Å². The maximum atomic E-state index is 13.3. The molecule has 22 nitrogen and oxygen atoms in total. The number of allylic oxidation sites excluding steroid dienone is 1. The molecule has 2 aliphatic carbocycles. The van der Waals surface area contributed by atoms with Crippen molar-refractivity contribution in [2.24, 2.45) is 11.7 Å². The van der Waals surface area contributed by atoms with E-state index in [2.05, 4.69) is 12.2 Å². The Morgan fingerprint density at radius 2 is 1.56 bits per heavy atom. The van der Waals surface area contributed by atoms with Crippen molar-refractivity contribution < 1.29 is 83.0 Å². The van der Waals surface area contributed by atoms with Crippen LogP contribution in [0.15, 0.2) is 22.8 Å². The van der Waals surface area contributed by atoms with Gasteiger partial charge in [0.25, 0.3) is 0 Å². The lowest BCUT2D eigenvalue weighted by molar-refractivity contribution is -0.239. The van der Waals surface area contributed by atoms with Gasteiger partial charge in [0, 0.05) is 52.3 Å². The van der Waals surface area contributed by atoms with E-state index in [4.69, 9.17) is 65.4 Å². The van der Waals surface area contributed by atoms with Gasteiger partial charge in [-0.05, 0) is 58.6 Å². The van der Waals surface area contributed by atoms with E-state index in [-0.39, 0.29) is 47.9 Å².